The summed E-state index contributed by atoms with van der Waals surface area (Å²) in [7, 11) is 0. The molecule has 0 unspecified atom stereocenters. The van der Waals surface area contributed by atoms with Crippen LogP contribution in [-0.2, 0) is 9.59 Å². The van der Waals surface area contributed by atoms with Crippen molar-refractivity contribution >= 4 is 17.8 Å². The fourth-order valence-corrected chi connectivity index (χ4v) is 0.637. The molecular formula is C7H7N3O2. The van der Waals surface area contributed by atoms with Crippen molar-refractivity contribution in [3.63, 3.8) is 0 Å². The Balaban J connectivity index is 2.54. The third-order valence-electron chi connectivity index (χ3n) is 1.16. The molecule has 1 rings (SSSR count). The van der Waals surface area contributed by atoms with Gasteiger partial charge in [-0.3, -0.25) is 20.2 Å². The van der Waals surface area contributed by atoms with Crippen molar-refractivity contribution < 1.29 is 9.59 Å². The van der Waals surface area contributed by atoms with E-state index in [9.17, 15) is 9.59 Å². The maximum absolute atomic E-state index is 10.6. The number of hydrogen-bond acceptors (Lipinski definition) is 3. The summed E-state index contributed by atoms with van der Waals surface area (Å²) < 4.78 is 0. The number of carbonyl (C=O) groups excluding carboxylic acids is 2. The van der Waals surface area contributed by atoms with Gasteiger partial charge in [0, 0.05) is 0 Å². The topological polar surface area (TPSA) is 70.6 Å². The number of amides is 2. The predicted molar refractivity (Wildman–Crippen MR) is 42.0 cm³/mol. The second-order valence-corrected chi connectivity index (χ2v) is 2.00. The standard InChI is InChI=1S/C7H7N3O2/c1-2-3-4-8-7-9-5(11)6(12)10-7/h4H2,1H3,(H2,8,9,10,11,12). The highest BCUT2D eigenvalue weighted by Gasteiger charge is 2.24. The van der Waals surface area contributed by atoms with Crippen molar-refractivity contribution in [3.05, 3.63) is 0 Å². The highest BCUT2D eigenvalue weighted by molar-refractivity contribution is 6.45. The van der Waals surface area contributed by atoms with E-state index in [1.807, 2.05) is 0 Å². The van der Waals surface area contributed by atoms with Crippen LogP contribution in [0.25, 0.3) is 0 Å². The van der Waals surface area contributed by atoms with Crippen LogP contribution < -0.4 is 10.6 Å². The van der Waals surface area contributed by atoms with E-state index in [0.717, 1.165) is 0 Å². The molecule has 0 bridgehead atoms. The molecule has 0 aromatic carbocycles. The van der Waals surface area contributed by atoms with Gasteiger partial charge in [-0.2, -0.15) is 0 Å². The molecule has 12 heavy (non-hydrogen) atoms. The first-order valence-electron chi connectivity index (χ1n) is 3.30. The van der Waals surface area contributed by atoms with Gasteiger partial charge in [-0.15, -0.1) is 5.92 Å². The molecule has 0 aromatic rings. The molecule has 62 valence electrons. The van der Waals surface area contributed by atoms with Gasteiger partial charge in [0.05, 0.1) is 0 Å². The van der Waals surface area contributed by atoms with Crippen molar-refractivity contribution in [1.29, 1.82) is 0 Å². The average molecular weight is 165 g/mol. The molecule has 5 heteroatoms. The minimum Gasteiger partial charge on any atom is -0.288 e. The minimum absolute atomic E-state index is 0.174. The normalized spacial score (nSPS) is 14.6. The summed E-state index contributed by atoms with van der Waals surface area (Å²) in [5.41, 5.74) is 0. The number of aliphatic imine (C=N–C) groups is 1. The van der Waals surface area contributed by atoms with Gasteiger partial charge >= 0.3 is 11.8 Å². The Kier molecular flexibility index (Phi) is 2.43. The first-order valence-corrected chi connectivity index (χ1v) is 3.30. The zero-order valence-electron chi connectivity index (χ0n) is 6.47. The van der Waals surface area contributed by atoms with Gasteiger partial charge < -0.3 is 0 Å². The molecule has 1 heterocycles. The van der Waals surface area contributed by atoms with E-state index >= 15 is 0 Å². The molecule has 2 amide bonds. The lowest BCUT2D eigenvalue weighted by Gasteiger charge is -1.90. The lowest BCUT2D eigenvalue weighted by molar-refractivity contribution is -0.135. The zero-order chi connectivity index (χ0) is 8.97. The molecule has 0 aromatic heterocycles. The molecule has 0 aliphatic carbocycles. The van der Waals surface area contributed by atoms with Crippen LogP contribution in [0, 0.1) is 11.8 Å². The fraction of sp³-hybridized carbons (Fsp3) is 0.286. The van der Waals surface area contributed by atoms with E-state index in [4.69, 9.17) is 0 Å². The summed E-state index contributed by atoms with van der Waals surface area (Å²) in [6, 6.07) is 0. The zero-order valence-corrected chi connectivity index (χ0v) is 6.47. The Bertz CT molecular complexity index is 290. The van der Waals surface area contributed by atoms with Gasteiger partial charge in [0.1, 0.15) is 6.54 Å². The SMILES string of the molecule is CC#CCN=C1NC(=O)C(=O)N1. The smallest absolute Gasteiger partial charge is 0.288 e. The second kappa shape index (κ2) is 3.53. The molecule has 1 fully saturated rings. The third-order valence-corrected chi connectivity index (χ3v) is 1.16. The van der Waals surface area contributed by atoms with E-state index in [0.29, 0.717) is 0 Å². The lowest BCUT2D eigenvalue weighted by atomic mass is 10.6. The quantitative estimate of drug-likeness (QED) is 0.371. The van der Waals surface area contributed by atoms with Crippen LogP contribution in [-0.4, -0.2) is 24.3 Å². The van der Waals surface area contributed by atoms with Crippen molar-refractivity contribution in [2.45, 2.75) is 6.92 Å². The second-order valence-electron chi connectivity index (χ2n) is 2.00. The van der Waals surface area contributed by atoms with Gasteiger partial charge in [0.25, 0.3) is 0 Å². The van der Waals surface area contributed by atoms with Crippen LogP contribution in [0.4, 0.5) is 0 Å². The van der Waals surface area contributed by atoms with E-state index in [1.54, 1.807) is 6.92 Å². The molecule has 0 atom stereocenters. The molecular weight excluding hydrogens is 158 g/mol. The van der Waals surface area contributed by atoms with Crippen molar-refractivity contribution in [2.75, 3.05) is 6.54 Å². The first-order chi connectivity index (χ1) is 5.74. The van der Waals surface area contributed by atoms with E-state index < -0.39 is 11.8 Å². The Hall–Kier alpha value is -1.83. The molecule has 0 saturated carbocycles. The molecule has 0 radical (unpaired) electrons. The summed E-state index contributed by atoms with van der Waals surface area (Å²) in [5, 5.41) is 4.49. The van der Waals surface area contributed by atoms with Gasteiger partial charge in [-0.1, -0.05) is 5.92 Å². The van der Waals surface area contributed by atoms with E-state index in [-0.39, 0.29) is 12.5 Å². The summed E-state index contributed by atoms with van der Waals surface area (Å²) in [6.07, 6.45) is 0. The summed E-state index contributed by atoms with van der Waals surface area (Å²) in [4.78, 5) is 24.9. The van der Waals surface area contributed by atoms with Crippen LogP contribution in [0.15, 0.2) is 4.99 Å². The summed E-state index contributed by atoms with van der Waals surface area (Å²) in [6.45, 7) is 1.96. The molecule has 1 aliphatic rings. The Labute approximate surface area is 69.2 Å². The maximum atomic E-state index is 10.6. The largest absolute Gasteiger partial charge is 0.316 e. The number of guanidine groups is 1. The highest BCUT2D eigenvalue weighted by atomic mass is 16.2. The van der Waals surface area contributed by atoms with Crippen LogP contribution in [0.2, 0.25) is 0 Å². The Morgan fingerprint density at radius 2 is 1.92 bits per heavy atom. The van der Waals surface area contributed by atoms with Crippen molar-refractivity contribution in [2.24, 2.45) is 4.99 Å². The van der Waals surface area contributed by atoms with Gasteiger partial charge in [0.15, 0.2) is 0 Å². The third kappa shape index (κ3) is 1.83. The number of nitrogens with zero attached hydrogens (tertiary/aromatic N) is 1. The molecule has 1 aliphatic heterocycles. The lowest BCUT2D eigenvalue weighted by Crippen LogP contribution is -2.25. The molecule has 0 spiro atoms. The van der Waals surface area contributed by atoms with Crippen LogP contribution in [0.5, 0.6) is 0 Å². The van der Waals surface area contributed by atoms with Crippen LogP contribution >= 0.6 is 0 Å². The maximum Gasteiger partial charge on any atom is 0.316 e. The van der Waals surface area contributed by atoms with Crippen LogP contribution in [0.1, 0.15) is 6.92 Å². The number of hydrogen-bond donors (Lipinski definition) is 2. The van der Waals surface area contributed by atoms with Crippen molar-refractivity contribution in [3.8, 4) is 11.8 Å². The number of nitrogens with one attached hydrogen (secondary N) is 2. The predicted octanol–water partition coefficient (Wildman–Crippen LogP) is -1.39. The minimum atomic E-state index is -0.682. The van der Waals surface area contributed by atoms with E-state index in [1.165, 1.54) is 0 Å². The van der Waals surface area contributed by atoms with Gasteiger partial charge in [0.2, 0.25) is 5.96 Å². The van der Waals surface area contributed by atoms with Gasteiger partial charge in [-0.05, 0) is 6.92 Å². The highest BCUT2D eigenvalue weighted by Crippen LogP contribution is 1.81. The summed E-state index contributed by atoms with van der Waals surface area (Å²) >= 11 is 0. The Morgan fingerprint density at radius 1 is 1.33 bits per heavy atom. The Morgan fingerprint density at radius 3 is 2.42 bits per heavy atom. The monoisotopic (exact) mass is 165 g/mol. The molecule has 2 N–H and O–H groups in total. The summed E-state index contributed by atoms with van der Waals surface area (Å²) in [5.74, 6) is 4.11. The van der Waals surface area contributed by atoms with Crippen molar-refractivity contribution in [1.82, 2.24) is 10.6 Å². The molecule has 1 saturated heterocycles. The molecule has 5 nitrogen and oxygen atoms in total. The number of rotatable bonds is 1. The number of carbonyl (C=O) groups is 2. The average Bonchev–Trinajstić information content (AvgIpc) is 2.32. The van der Waals surface area contributed by atoms with E-state index in [2.05, 4.69) is 27.5 Å². The van der Waals surface area contributed by atoms with Gasteiger partial charge in [-0.25, -0.2) is 4.99 Å². The van der Waals surface area contributed by atoms with Crippen LogP contribution in [0.3, 0.4) is 0 Å². The fourth-order valence-electron chi connectivity index (χ4n) is 0.637. The first kappa shape index (κ1) is 8.27.